The van der Waals surface area contributed by atoms with Crippen molar-refractivity contribution in [3.05, 3.63) is 36.4 Å². The average molecular weight is 272 g/mol. The Morgan fingerprint density at radius 3 is 2.70 bits per heavy atom. The molecule has 4 heteroatoms. The highest BCUT2D eigenvalue weighted by molar-refractivity contribution is 5.80. The molecule has 1 aromatic heterocycles. The van der Waals surface area contributed by atoms with Gasteiger partial charge in [-0.1, -0.05) is 32.0 Å². The molecule has 2 rings (SSSR count). The van der Waals surface area contributed by atoms with Crippen molar-refractivity contribution in [2.45, 2.75) is 20.3 Å². The van der Waals surface area contributed by atoms with Crippen molar-refractivity contribution in [2.24, 2.45) is 11.8 Å². The molecule has 4 nitrogen and oxygen atoms in total. The number of hydrogen-bond donors (Lipinski definition) is 2. The zero-order chi connectivity index (χ0) is 14.5. The van der Waals surface area contributed by atoms with Gasteiger partial charge in [0.15, 0.2) is 0 Å². The first-order valence-corrected chi connectivity index (χ1v) is 6.88. The first-order chi connectivity index (χ1) is 9.56. The molecule has 0 amide bonds. The molecular weight excluding hydrogens is 252 g/mol. The van der Waals surface area contributed by atoms with Crippen LogP contribution in [0.3, 0.4) is 0 Å². The molecule has 0 bridgehead atoms. The van der Waals surface area contributed by atoms with E-state index in [1.165, 1.54) is 0 Å². The number of nitrogens with one attached hydrogen (secondary N) is 1. The Labute approximate surface area is 118 Å². The van der Waals surface area contributed by atoms with Crippen LogP contribution < -0.4 is 5.32 Å². The normalized spacial score (nSPS) is 12.6. The summed E-state index contributed by atoms with van der Waals surface area (Å²) >= 11 is 0. The van der Waals surface area contributed by atoms with Crippen LogP contribution in [0, 0.1) is 11.8 Å². The van der Waals surface area contributed by atoms with Gasteiger partial charge in [0.25, 0.3) is 0 Å². The maximum atomic E-state index is 11.2. The van der Waals surface area contributed by atoms with E-state index in [1.807, 2.05) is 50.2 Å². The summed E-state index contributed by atoms with van der Waals surface area (Å²) in [6.07, 6.45) is 0.663. The molecule has 1 heterocycles. The number of anilines is 1. The molecule has 20 heavy (non-hydrogen) atoms. The molecule has 1 aromatic carbocycles. The molecular formula is C16H20N2O2. The lowest BCUT2D eigenvalue weighted by atomic mass is 9.97. The van der Waals surface area contributed by atoms with Crippen LogP contribution in [0.15, 0.2) is 36.4 Å². The van der Waals surface area contributed by atoms with Crippen LogP contribution in [0.2, 0.25) is 0 Å². The van der Waals surface area contributed by atoms with E-state index < -0.39 is 5.97 Å². The first kappa shape index (κ1) is 14.3. The zero-order valence-electron chi connectivity index (χ0n) is 11.8. The fraction of sp³-hybridized carbons (Fsp3) is 0.375. The number of hydrogen-bond acceptors (Lipinski definition) is 3. The van der Waals surface area contributed by atoms with Crippen LogP contribution in [0.5, 0.6) is 0 Å². The fourth-order valence-corrected chi connectivity index (χ4v) is 2.23. The van der Waals surface area contributed by atoms with Crippen LogP contribution in [0.25, 0.3) is 10.9 Å². The van der Waals surface area contributed by atoms with E-state index in [2.05, 4.69) is 10.3 Å². The first-order valence-electron chi connectivity index (χ1n) is 6.88. The number of aromatic nitrogens is 1. The minimum Gasteiger partial charge on any atom is -0.481 e. The number of benzene rings is 1. The third-order valence-corrected chi connectivity index (χ3v) is 3.23. The second-order valence-electron chi connectivity index (χ2n) is 5.43. The molecule has 1 atom stereocenters. The van der Waals surface area contributed by atoms with Gasteiger partial charge in [0.05, 0.1) is 11.4 Å². The number of carboxylic acids is 1. The van der Waals surface area contributed by atoms with Crippen molar-refractivity contribution in [3.63, 3.8) is 0 Å². The molecule has 0 saturated carbocycles. The van der Waals surface area contributed by atoms with E-state index in [0.717, 1.165) is 16.7 Å². The van der Waals surface area contributed by atoms with Crippen LogP contribution in [0.4, 0.5) is 5.82 Å². The molecule has 0 saturated heterocycles. The van der Waals surface area contributed by atoms with Crippen molar-refractivity contribution in [2.75, 3.05) is 11.9 Å². The summed E-state index contributed by atoms with van der Waals surface area (Å²) < 4.78 is 0. The molecule has 2 N–H and O–H groups in total. The Morgan fingerprint density at radius 2 is 2.00 bits per heavy atom. The van der Waals surface area contributed by atoms with E-state index in [0.29, 0.717) is 18.9 Å². The van der Waals surface area contributed by atoms with Crippen LogP contribution in [-0.2, 0) is 4.79 Å². The molecule has 0 aliphatic rings. The van der Waals surface area contributed by atoms with Gasteiger partial charge < -0.3 is 10.4 Å². The van der Waals surface area contributed by atoms with Gasteiger partial charge in [-0.25, -0.2) is 4.98 Å². The Bertz CT molecular complexity index is 596. The van der Waals surface area contributed by atoms with Crippen LogP contribution in [-0.4, -0.2) is 22.6 Å². The van der Waals surface area contributed by atoms with Gasteiger partial charge in [0.2, 0.25) is 0 Å². The highest BCUT2D eigenvalue weighted by Gasteiger charge is 2.18. The van der Waals surface area contributed by atoms with E-state index in [1.54, 1.807) is 0 Å². The monoisotopic (exact) mass is 272 g/mol. The predicted octanol–water partition coefficient (Wildman–Crippen LogP) is 3.39. The molecule has 2 aromatic rings. The number of carbonyl (C=O) groups is 1. The highest BCUT2D eigenvalue weighted by atomic mass is 16.4. The zero-order valence-corrected chi connectivity index (χ0v) is 11.8. The number of carboxylic acid groups (broad SMARTS) is 1. The van der Waals surface area contributed by atoms with Crippen molar-refractivity contribution in [1.82, 2.24) is 4.98 Å². The number of rotatable bonds is 6. The lowest BCUT2D eigenvalue weighted by molar-refractivity contribution is -0.141. The lowest BCUT2D eigenvalue weighted by Gasteiger charge is -2.15. The molecule has 0 radical (unpaired) electrons. The van der Waals surface area contributed by atoms with E-state index in [4.69, 9.17) is 0 Å². The number of aliphatic carboxylic acids is 1. The largest absolute Gasteiger partial charge is 0.481 e. The Balaban J connectivity index is 2.05. The number of fused-ring (bicyclic) bond motifs is 1. The van der Waals surface area contributed by atoms with Crippen molar-refractivity contribution < 1.29 is 9.90 Å². The van der Waals surface area contributed by atoms with Gasteiger partial charge >= 0.3 is 5.97 Å². The van der Waals surface area contributed by atoms with Crippen molar-refractivity contribution in [3.8, 4) is 0 Å². The third kappa shape index (κ3) is 3.70. The van der Waals surface area contributed by atoms with Crippen LogP contribution >= 0.6 is 0 Å². The highest BCUT2D eigenvalue weighted by Crippen LogP contribution is 2.16. The van der Waals surface area contributed by atoms with Gasteiger partial charge in [-0.05, 0) is 30.5 Å². The predicted molar refractivity (Wildman–Crippen MR) is 80.8 cm³/mol. The van der Waals surface area contributed by atoms with Gasteiger partial charge in [0, 0.05) is 11.9 Å². The number of nitrogens with zero attached hydrogens (tertiary/aromatic N) is 1. The van der Waals surface area contributed by atoms with E-state index in [9.17, 15) is 9.90 Å². The molecule has 106 valence electrons. The molecule has 0 fully saturated rings. The molecule has 0 aliphatic carbocycles. The summed E-state index contributed by atoms with van der Waals surface area (Å²) in [6.45, 7) is 4.47. The topological polar surface area (TPSA) is 62.2 Å². The molecule has 0 aliphatic heterocycles. The summed E-state index contributed by atoms with van der Waals surface area (Å²) in [5.74, 6) is -0.0589. The minimum atomic E-state index is -0.757. The third-order valence-electron chi connectivity index (χ3n) is 3.23. The summed E-state index contributed by atoms with van der Waals surface area (Å²) in [7, 11) is 0. The van der Waals surface area contributed by atoms with E-state index in [-0.39, 0.29) is 5.92 Å². The van der Waals surface area contributed by atoms with Gasteiger partial charge in [-0.15, -0.1) is 0 Å². The summed E-state index contributed by atoms with van der Waals surface area (Å²) in [5, 5.41) is 13.4. The Kier molecular flexibility index (Phi) is 4.56. The van der Waals surface area contributed by atoms with Crippen molar-refractivity contribution in [1.29, 1.82) is 0 Å². The summed E-state index contributed by atoms with van der Waals surface area (Å²) in [6, 6.07) is 11.7. The van der Waals surface area contributed by atoms with Crippen LogP contribution in [0.1, 0.15) is 20.3 Å². The number of para-hydroxylation sites is 1. The molecule has 1 unspecified atom stereocenters. The smallest absolute Gasteiger partial charge is 0.308 e. The van der Waals surface area contributed by atoms with Gasteiger partial charge in [0.1, 0.15) is 5.82 Å². The maximum Gasteiger partial charge on any atom is 0.308 e. The Hall–Kier alpha value is -2.10. The standard InChI is InChI=1S/C16H20N2O2/c1-11(2)9-13(16(19)20)10-17-15-8-7-12-5-3-4-6-14(12)18-15/h3-8,11,13H,9-10H2,1-2H3,(H,17,18)(H,19,20). The Morgan fingerprint density at radius 1 is 1.25 bits per heavy atom. The maximum absolute atomic E-state index is 11.2. The SMILES string of the molecule is CC(C)CC(CNc1ccc2ccccc2n1)C(=O)O. The second-order valence-corrected chi connectivity index (χ2v) is 5.43. The van der Waals surface area contributed by atoms with Gasteiger partial charge in [-0.3, -0.25) is 4.79 Å². The minimum absolute atomic E-state index is 0.363. The lowest BCUT2D eigenvalue weighted by Crippen LogP contribution is -2.24. The summed E-state index contributed by atoms with van der Waals surface area (Å²) in [4.78, 5) is 15.7. The van der Waals surface area contributed by atoms with Gasteiger partial charge in [-0.2, -0.15) is 0 Å². The van der Waals surface area contributed by atoms with Crippen molar-refractivity contribution >= 4 is 22.7 Å². The summed E-state index contributed by atoms with van der Waals surface area (Å²) in [5.41, 5.74) is 0.910. The molecule has 0 spiro atoms. The fourth-order valence-electron chi connectivity index (χ4n) is 2.23. The number of pyridine rings is 1. The quantitative estimate of drug-likeness (QED) is 0.846. The average Bonchev–Trinajstić information content (AvgIpc) is 2.42. The second kappa shape index (κ2) is 6.37. The van der Waals surface area contributed by atoms with E-state index >= 15 is 0 Å².